The Bertz CT molecular complexity index is 969. The number of rotatable bonds is 6. The zero-order valence-corrected chi connectivity index (χ0v) is 19.4. The van der Waals surface area contributed by atoms with Gasteiger partial charge in [0.1, 0.15) is 11.3 Å². The second-order valence-corrected chi connectivity index (χ2v) is 7.18. The van der Waals surface area contributed by atoms with Crippen molar-refractivity contribution >= 4 is 41.3 Å². The molecule has 6 nitrogen and oxygen atoms in total. The van der Waals surface area contributed by atoms with Gasteiger partial charge >= 0.3 is 6.18 Å². The van der Waals surface area contributed by atoms with Crippen molar-refractivity contribution < 1.29 is 17.6 Å². The monoisotopic (exact) mass is 551 g/mol. The fourth-order valence-electron chi connectivity index (χ4n) is 2.46. The number of aryl methyl sites for hydroxylation is 1. The van der Waals surface area contributed by atoms with Crippen molar-refractivity contribution in [3.05, 3.63) is 57.9 Å². The van der Waals surface area contributed by atoms with Crippen LogP contribution in [0, 0.1) is 6.92 Å². The zero-order chi connectivity index (χ0) is 20.9. The van der Waals surface area contributed by atoms with Crippen LogP contribution in [0.15, 0.2) is 45.3 Å². The third-order valence-electron chi connectivity index (χ3n) is 4.00. The Morgan fingerprint density at radius 2 is 1.90 bits per heavy atom. The minimum atomic E-state index is -4.43. The molecule has 0 unspecified atom stereocenters. The van der Waals surface area contributed by atoms with Gasteiger partial charge in [-0.15, -0.1) is 35.3 Å². The summed E-state index contributed by atoms with van der Waals surface area (Å²) in [6.45, 7) is 2.70. The normalized spacial score (nSPS) is 11.8. The second-order valence-electron chi connectivity index (χ2n) is 6.24. The molecule has 30 heavy (non-hydrogen) atoms. The Labute approximate surface area is 193 Å². The maximum absolute atomic E-state index is 12.6. The Morgan fingerprint density at radius 1 is 1.17 bits per heavy atom. The van der Waals surface area contributed by atoms with Crippen LogP contribution in [-0.4, -0.2) is 29.5 Å². The molecule has 0 atom stereocenters. The Hall–Kier alpha value is -2.15. The summed E-state index contributed by atoms with van der Waals surface area (Å²) in [4.78, 5) is 12.1. The Kier molecular flexibility index (Phi) is 8.65. The fraction of sp³-hybridized carbons (Fsp3) is 0.316. The van der Waals surface area contributed by atoms with Gasteiger partial charge in [-0.3, -0.25) is 4.99 Å². The van der Waals surface area contributed by atoms with E-state index < -0.39 is 11.9 Å². The number of guanidine groups is 1. The molecule has 0 radical (unpaired) electrons. The lowest BCUT2D eigenvalue weighted by Gasteiger charge is -2.10. The Morgan fingerprint density at radius 3 is 2.53 bits per heavy atom. The summed E-state index contributed by atoms with van der Waals surface area (Å²) in [5, 5.41) is 7.38. The average Bonchev–Trinajstić information content (AvgIpc) is 3.34. The minimum absolute atomic E-state index is 0. The fourth-order valence-corrected chi connectivity index (χ4v) is 3.20. The van der Waals surface area contributed by atoms with E-state index in [1.54, 1.807) is 13.3 Å². The van der Waals surface area contributed by atoms with Crippen LogP contribution >= 0.6 is 35.3 Å². The van der Waals surface area contributed by atoms with Gasteiger partial charge in [0.2, 0.25) is 5.89 Å². The van der Waals surface area contributed by atoms with Gasteiger partial charge in [-0.1, -0.05) is 17.7 Å². The van der Waals surface area contributed by atoms with Crippen molar-refractivity contribution in [3.8, 4) is 11.5 Å². The number of alkyl halides is 3. The van der Waals surface area contributed by atoms with Gasteiger partial charge in [0.25, 0.3) is 0 Å². The number of thiazole rings is 1. The summed E-state index contributed by atoms with van der Waals surface area (Å²) >= 11 is 0.952. The van der Waals surface area contributed by atoms with Crippen LogP contribution in [0.5, 0.6) is 0 Å². The molecule has 162 valence electrons. The molecule has 2 aromatic heterocycles. The summed E-state index contributed by atoms with van der Waals surface area (Å²) in [6.07, 6.45) is -2.21. The van der Waals surface area contributed by atoms with E-state index >= 15 is 0 Å². The molecular weight excluding hydrogens is 530 g/mol. The van der Waals surface area contributed by atoms with Crippen LogP contribution in [0.3, 0.4) is 0 Å². The first-order valence-electron chi connectivity index (χ1n) is 8.82. The molecule has 2 N–H and O–H groups in total. The number of benzene rings is 1. The highest BCUT2D eigenvalue weighted by molar-refractivity contribution is 14.0. The maximum Gasteiger partial charge on any atom is 0.434 e. The van der Waals surface area contributed by atoms with Crippen molar-refractivity contribution in [3.63, 3.8) is 0 Å². The SMILES string of the molecule is CN=C(NCCc1coc(-c2ccc(C)cc2)n1)NCc1nc(C(F)(F)F)cs1.I. The topological polar surface area (TPSA) is 75.3 Å². The molecule has 2 heterocycles. The molecule has 3 aromatic rings. The lowest BCUT2D eigenvalue weighted by atomic mass is 10.1. The van der Waals surface area contributed by atoms with E-state index in [1.165, 1.54) is 0 Å². The van der Waals surface area contributed by atoms with Crippen molar-refractivity contribution in [2.45, 2.75) is 26.1 Å². The summed E-state index contributed by atoms with van der Waals surface area (Å²) in [5.41, 5.74) is 1.99. The first kappa shape index (κ1) is 24.1. The number of nitrogens with zero attached hydrogens (tertiary/aromatic N) is 3. The number of oxazole rings is 1. The van der Waals surface area contributed by atoms with Gasteiger partial charge in [0.05, 0.1) is 12.2 Å². The van der Waals surface area contributed by atoms with E-state index in [1.807, 2.05) is 31.2 Å². The number of halogens is 4. The van der Waals surface area contributed by atoms with Gasteiger partial charge in [0.15, 0.2) is 11.7 Å². The molecule has 1 aromatic carbocycles. The lowest BCUT2D eigenvalue weighted by Crippen LogP contribution is -2.37. The van der Waals surface area contributed by atoms with Crippen molar-refractivity contribution in [1.82, 2.24) is 20.6 Å². The number of hydrogen-bond acceptors (Lipinski definition) is 5. The van der Waals surface area contributed by atoms with E-state index in [0.29, 0.717) is 29.8 Å². The minimum Gasteiger partial charge on any atom is -0.444 e. The molecule has 3 rings (SSSR count). The molecular formula is C19H21F3IN5OS. The molecule has 0 amide bonds. The Balaban J connectivity index is 0.00000320. The van der Waals surface area contributed by atoms with Gasteiger partial charge < -0.3 is 15.1 Å². The van der Waals surface area contributed by atoms with Crippen molar-refractivity contribution in [1.29, 1.82) is 0 Å². The van der Waals surface area contributed by atoms with Crippen LogP contribution in [0.2, 0.25) is 0 Å². The van der Waals surface area contributed by atoms with Crippen LogP contribution in [0.1, 0.15) is 22.0 Å². The summed E-state index contributed by atoms with van der Waals surface area (Å²) in [6, 6.07) is 7.91. The van der Waals surface area contributed by atoms with Gasteiger partial charge in [-0.05, 0) is 19.1 Å². The van der Waals surface area contributed by atoms with Crippen LogP contribution < -0.4 is 10.6 Å². The van der Waals surface area contributed by atoms with Crippen molar-refractivity contribution in [2.24, 2.45) is 4.99 Å². The van der Waals surface area contributed by atoms with Crippen LogP contribution in [0.25, 0.3) is 11.5 Å². The molecule has 0 aliphatic rings. The van der Waals surface area contributed by atoms with Gasteiger partial charge in [-0.25, -0.2) is 9.97 Å². The quantitative estimate of drug-likeness (QED) is 0.265. The highest BCUT2D eigenvalue weighted by atomic mass is 127. The summed E-state index contributed by atoms with van der Waals surface area (Å²) in [5.74, 6) is 1.03. The molecule has 0 saturated heterocycles. The van der Waals surface area contributed by atoms with Crippen LogP contribution in [-0.2, 0) is 19.1 Å². The number of hydrogen-bond donors (Lipinski definition) is 2. The first-order chi connectivity index (χ1) is 13.8. The highest BCUT2D eigenvalue weighted by Gasteiger charge is 2.33. The van der Waals surface area contributed by atoms with E-state index in [-0.39, 0.29) is 30.5 Å². The number of aromatic nitrogens is 2. The first-order valence-corrected chi connectivity index (χ1v) is 9.70. The predicted molar refractivity (Wildman–Crippen MR) is 121 cm³/mol. The lowest BCUT2D eigenvalue weighted by molar-refractivity contribution is -0.140. The highest BCUT2D eigenvalue weighted by Crippen LogP contribution is 2.29. The standard InChI is InChI=1S/C19H20F3N5OS.HI/c1-12-3-5-13(6-4-12)17-26-14(10-28-17)7-8-24-18(23-2)25-9-16-27-15(11-29-16)19(20,21)22;/h3-6,10-11H,7-9H2,1-2H3,(H2,23,24,25);1H. The average molecular weight is 551 g/mol. The van der Waals surface area contributed by atoms with E-state index in [9.17, 15) is 13.2 Å². The summed E-state index contributed by atoms with van der Waals surface area (Å²) < 4.78 is 43.3. The molecule has 0 spiro atoms. The molecule has 0 aliphatic carbocycles. The largest absolute Gasteiger partial charge is 0.444 e. The number of nitrogens with one attached hydrogen (secondary N) is 2. The van der Waals surface area contributed by atoms with Gasteiger partial charge in [0, 0.05) is 31.0 Å². The van der Waals surface area contributed by atoms with E-state index in [0.717, 1.165) is 33.5 Å². The van der Waals surface area contributed by atoms with Crippen molar-refractivity contribution in [2.75, 3.05) is 13.6 Å². The smallest absolute Gasteiger partial charge is 0.434 e. The number of aliphatic imine (C=N–C) groups is 1. The van der Waals surface area contributed by atoms with E-state index in [2.05, 4.69) is 25.6 Å². The predicted octanol–water partition coefficient (Wildman–Crippen LogP) is 4.65. The third kappa shape index (κ3) is 6.69. The summed E-state index contributed by atoms with van der Waals surface area (Å²) in [7, 11) is 1.59. The molecule has 11 heteroatoms. The zero-order valence-electron chi connectivity index (χ0n) is 16.3. The van der Waals surface area contributed by atoms with E-state index in [4.69, 9.17) is 4.42 Å². The van der Waals surface area contributed by atoms with Gasteiger partial charge in [-0.2, -0.15) is 13.2 Å². The van der Waals surface area contributed by atoms with Crippen LogP contribution in [0.4, 0.5) is 13.2 Å². The molecule has 0 bridgehead atoms. The molecule has 0 fully saturated rings. The molecule has 0 aliphatic heterocycles. The maximum atomic E-state index is 12.6. The third-order valence-corrected chi connectivity index (χ3v) is 4.85. The second kappa shape index (κ2) is 10.8. The molecule has 0 saturated carbocycles.